The molecule has 2 saturated heterocycles. The third-order valence-corrected chi connectivity index (χ3v) is 4.52. The molecule has 1 aromatic heterocycles. The van der Waals surface area contributed by atoms with E-state index in [1.165, 1.54) is 19.3 Å². The zero-order valence-corrected chi connectivity index (χ0v) is 13.6. The van der Waals surface area contributed by atoms with Crippen molar-refractivity contribution in [2.24, 2.45) is 5.92 Å². The van der Waals surface area contributed by atoms with Crippen molar-refractivity contribution in [3.63, 3.8) is 0 Å². The number of aromatic nitrogens is 1. The molecule has 0 aliphatic carbocycles. The lowest BCUT2D eigenvalue weighted by atomic mass is 10.1. The van der Waals surface area contributed by atoms with Gasteiger partial charge in [-0.2, -0.15) is 0 Å². The van der Waals surface area contributed by atoms with E-state index in [0.717, 1.165) is 44.1 Å². The maximum absolute atomic E-state index is 11.9. The molecule has 3 rings (SSSR count). The second-order valence-electron chi connectivity index (χ2n) is 6.36. The first kappa shape index (κ1) is 16.1. The van der Waals surface area contributed by atoms with E-state index in [1.807, 2.05) is 12.3 Å². The normalized spacial score (nSPS) is 21.2. The summed E-state index contributed by atoms with van der Waals surface area (Å²) in [5.74, 6) is 1.47. The average molecular weight is 318 g/mol. The minimum atomic E-state index is -0.117. The summed E-state index contributed by atoms with van der Waals surface area (Å²) in [7, 11) is 0. The topological polar surface area (TPSA) is 66.5 Å². The number of anilines is 1. The number of nitrogens with one attached hydrogen (secondary N) is 2. The number of urea groups is 1. The molecule has 1 atom stereocenters. The van der Waals surface area contributed by atoms with Crippen molar-refractivity contribution in [1.29, 1.82) is 0 Å². The van der Waals surface area contributed by atoms with Gasteiger partial charge in [0.2, 0.25) is 0 Å². The van der Waals surface area contributed by atoms with E-state index < -0.39 is 0 Å². The fourth-order valence-corrected chi connectivity index (χ4v) is 3.09. The third kappa shape index (κ3) is 4.82. The molecule has 0 saturated carbocycles. The number of piperidine rings is 1. The van der Waals surface area contributed by atoms with Crippen LogP contribution in [0.25, 0.3) is 0 Å². The van der Waals surface area contributed by atoms with Gasteiger partial charge in [0.25, 0.3) is 0 Å². The van der Waals surface area contributed by atoms with E-state index in [-0.39, 0.29) is 6.03 Å². The predicted molar refractivity (Wildman–Crippen MR) is 89.5 cm³/mol. The molecule has 2 amide bonds. The molecule has 6 heteroatoms. The molecule has 2 N–H and O–H groups in total. The van der Waals surface area contributed by atoms with Crippen LogP contribution in [0.3, 0.4) is 0 Å². The van der Waals surface area contributed by atoms with Gasteiger partial charge in [-0.25, -0.2) is 9.78 Å². The third-order valence-electron chi connectivity index (χ3n) is 4.52. The van der Waals surface area contributed by atoms with E-state index in [9.17, 15) is 4.79 Å². The highest BCUT2D eigenvalue weighted by Gasteiger charge is 2.16. The molecular formula is C17H26N4O2. The number of carbonyl (C=O) groups excluding carboxylic acids is 1. The van der Waals surface area contributed by atoms with E-state index in [4.69, 9.17) is 4.74 Å². The van der Waals surface area contributed by atoms with Crippen LogP contribution in [-0.4, -0.2) is 43.9 Å². The highest BCUT2D eigenvalue weighted by atomic mass is 16.5. The van der Waals surface area contributed by atoms with E-state index in [2.05, 4.69) is 26.6 Å². The van der Waals surface area contributed by atoms with Gasteiger partial charge in [0.05, 0.1) is 6.61 Å². The fraction of sp³-hybridized carbons (Fsp3) is 0.647. The van der Waals surface area contributed by atoms with Gasteiger partial charge >= 0.3 is 6.03 Å². The fourth-order valence-electron chi connectivity index (χ4n) is 3.09. The molecule has 2 aliphatic rings. The molecule has 126 valence electrons. The highest BCUT2D eigenvalue weighted by Crippen LogP contribution is 2.18. The molecule has 6 nitrogen and oxygen atoms in total. The van der Waals surface area contributed by atoms with E-state index in [0.29, 0.717) is 19.0 Å². The molecule has 3 heterocycles. The lowest BCUT2D eigenvalue weighted by molar-refractivity contribution is 0.185. The molecule has 2 fully saturated rings. The Labute approximate surface area is 137 Å². The van der Waals surface area contributed by atoms with Gasteiger partial charge < -0.3 is 20.3 Å². The summed E-state index contributed by atoms with van der Waals surface area (Å²) in [6, 6.07) is 3.92. The Morgan fingerprint density at radius 2 is 2.17 bits per heavy atom. The molecule has 0 radical (unpaired) electrons. The lowest BCUT2D eigenvalue weighted by Crippen LogP contribution is -2.38. The number of amides is 2. The largest absolute Gasteiger partial charge is 0.381 e. The van der Waals surface area contributed by atoms with Gasteiger partial charge in [-0.05, 0) is 43.4 Å². The van der Waals surface area contributed by atoms with Crippen molar-refractivity contribution in [2.75, 3.05) is 37.7 Å². The first-order valence-corrected chi connectivity index (χ1v) is 8.60. The van der Waals surface area contributed by atoms with Gasteiger partial charge in [-0.1, -0.05) is 0 Å². The summed E-state index contributed by atoms with van der Waals surface area (Å²) < 4.78 is 5.31. The first-order chi connectivity index (χ1) is 11.3. The van der Waals surface area contributed by atoms with Crippen LogP contribution in [0.1, 0.15) is 31.2 Å². The highest BCUT2D eigenvalue weighted by molar-refractivity contribution is 5.73. The summed E-state index contributed by atoms with van der Waals surface area (Å²) >= 11 is 0. The van der Waals surface area contributed by atoms with E-state index in [1.54, 1.807) is 0 Å². The van der Waals surface area contributed by atoms with Crippen LogP contribution in [-0.2, 0) is 11.3 Å². The number of ether oxygens (including phenoxy) is 1. The molecule has 0 bridgehead atoms. The standard InChI is InChI=1S/C17H26N4O2/c22-17(20-12-15-5-9-23-13-15)19-11-14-4-6-18-16(10-14)21-7-2-1-3-8-21/h4,6,10,15H,1-3,5,7-9,11-13H2,(H2,19,20,22)/t15-/m1/s1. The maximum Gasteiger partial charge on any atom is 0.315 e. The Hall–Kier alpha value is -1.82. The Morgan fingerprint density at radius 3 is 2.96 bits per heavy atom. The summed E-state index contributed by atoms with van der Waals surface area (Å²) in [5, 5.41) is 5.83. The van der Waals surface area contributed by atoms with Gasteiger partial charge in [0.15, 0.2) is 0 Å². The number of nitrogens with zero attached hydrogens (tertiary/aromatic N) is 2. The predicted octanol–water partition coefficient (Wildman–Crippen LogP) is 1.91. The van der Waals surface area contributed by atoms with Crippen molar-refractivity contribution >= 4 is 11.8 Å². The van der Waals surface area contributed by atoms with Gasteiger partial charge in [0.1, 0.15) is 5.82 Å². The SMILES string of the molecule is O=C(NCc1ccnc(N2CCCCC2)c1)NC[C@H]1CCOC1. The molecule has 1 aromatic rings. The van der Waals surface area contributed by atoms with Crippen LogP contribution in [0, 0.1) is 5.92 Å². The summed E-state index contributed by atoms with van der Waals surface area (Å²) in [5.41, 5.74) is 1.08. The summed E-state index contributed by atoms with van der Waals surface area (Å²) in [6.45, 7) is 4.92. The Balaban J connectivity index is 1.44. The van der Waals surface area contributed by atoms with Crippen molar-refractivity contribution in [3.05, 3.63) is 23.9 Å². The zero-order valence-electron chi connectivity index (χ0n) is 13.6. The Bertz CT molecular complexity index is 511. The van der Waals surface area contributed by atoms with Crippen molar-refractivity contribution in [2.45, 2.75) is 32.2 Å². The number of hydrogen-bond acceptors (Lipinski definition) is 4. The molecule has 0 spiro atoms. The van der Waals surface area contributed by atoms with Crippen LogP contribution in [0.4, 0.5) is 10.6 Å². The Morgan fingerprint density at radius 1 is 1.30 bits per heavy atom. The Kier molecular flexibility index (Phi) is 5.69. The minimum absolute atomic E-state index is 0.117. The van der Waals surface area contributed by atoms with Crippen LogP contribution < -0.4 is 15.5 Å². The summed E-state index contributed by atoms with van der Waals surface area (Å²) in [4.78, 5) is 18.7. The molecular weight excluding hydrogens is 292 g/mol. The van der Waals surface area contributed by atoms with Crippen molar-refractivity contribution in [1.82, 2.24) is 15.6 Å². The first-order valence-electron chi connectivity index (χ1n) is 8.60. The number of rotatable bonds is 5. The lowest BCUT2D eigenvalue weighted by Gasteiger charge is -2.27. The number of carbonyl (C=O) groups is 1. The van der Waals surface area contributed by atoms with Crippen LogP contribution in [0.5, 0.6) is 0 Å². The van der Waals surface area contributed by atoms with Gasteiger partial charge in [-0.3, -0.25) is 0 Å². The number of hydrogen-bond donors (Lipinski definition) is 2. The van der Waals surface area contributed by atoms with Crippen LogP contribution >= 0.6 is 0 Å². The van der Waals surface area contributed by atoms with E-state index >= 15 is 0 Å². The van der Waals surface area contributed by atoms with Crippen LogP contribution in [0.15, 0.2) is 18.3 Å². The van der Waals surface area contributed by atoms with Crippen LogP contribution in [0.2, 0.25) is 0 Å². The molecule has 0 aromatic carbocycles. The smallest absolute Gasteiger partial charge is 0.315 e. The summed E-state index contributed by atoms with van der Waals surface area (Å²) in [6.07, 6.45) is 6.64. The second kappa shape index (κ2) is 8.15. The quantitative estimate of drug-likeness (QED) is 0.870. The second-order valence-corrected chi connectivity index (χ2v) is 6.36. The zero-order chi connectivity index (χ0) is 15.9. The maximum atomic E-state index is 11.9. The van der Waals surface area contributed by atoms with Crippen molar-refractivity contribution in [3.8, 4) is 0 Å². The molecule has 23 heavy (non-hydrogen) atoms. The number of pyridine rings is 1. The monoisotopic (exact) mass is 318 g/mol. The molecule has 2 aliphatic heterocycles. The van der Waals surface area contributed by atoms with Crippen molar-refractivity contribution < 1.29 is 9.53 Å². The minimum Gasteiger partial charge on any atom is -0.381 e. The van der Waals surface area contributed by atoms with Gasteiger partial charge in [-0.15, -0.1) is 0 Å². The average Bonchev–Trinajstić information content (AvgIpc) is 3.13. The molecule has 0 unspecified atom stereocenters. The van der Waals surface area contributed by atoms with Gasteiger partial charge in [0, 0.05) is 44.9 Å².